The highest BCUT2D eigenvalue weighted by Gasteiger charge is 2.32. The van der Waals surface area contributed by atoms with Crippen LogP contribution in [0.2, 0.25) is 0 Å². The molecule has 2 atom stereocenters. The van der Waals surface area contributed by atoms with Crippen LogP contribution in [-0.2, 0) is 10.0 Å². The van der Waals surface area contributed by atoms with Gasteiger partial charge >= 0.3 is 0 Å². The topological polar surface area (TPSA) is 130 Å². The molecule has 3 aromatic rings. The van der Waals surface area contributed by atoms with Crippen molar-refractivity contribution in [1.29, 1.82) is 0 Å². The Morgan fingerprint density at radius 1 is 1.27 bits per heavy atom. The van der Waals surface area contributed by atoms with Crippen molar-refractivity contribution in [2.75, 3.05) is 24.7 Å². The van der Waals surface area contributed by atoms with Crippen LogP contribution >= 0.6 is 0 Å². The molecule has 0 radical (unpaired) electrons. The fraction of sp³-hybridized carbons (Fsp3) is 0.556. The highest BCUT2D eigenvalue weighted by Crippen LogP contribution is 2.33. The maximum atomic E-state index is 11.8. The molecule has 5 rings (SSSR count). The summed E-state index contributed by atoms with van der Waals surface area (Å²) >= 11 is 0. The monoisotopic (exact) mass is 432 g/mol. The van der Waals surface area contributed by atoms with Gasteiger partial charge in [-0.15, -0.1) is 5.10 Å². The number of hydrogen-bond donors (Lipinski definition) is 2. The van der Waals surface area contributed by atoms with Gasteiger partial charge in [-0.2, -0.15) is 14.6 Å². The lowest BCUT2D eigenvalue weighted by Gasteiger charge is -2.35. The van der Waals surface area contributed by atoms with Crippen LogP contribution in [0.1, 0.15) is 26.2 Å². The van der Waals surface area contributed by atoms with E-state index in [9.17, 15) is 8.42 Å². The van der Waals surface area contributed by atoms with Gasteiger partial charge in [-0.3, -0.25) is 5.10 Å². The normalized spacial score (nSPS) is 23.0. The lowest BCUT2D eigenvalue weighted by molar-refractivity contribution is 0.262. The first-order chi connectivity index (χ1) is 14.4. The van der Waals surface area contributed by atoms with Crippen LogP contribution < -0.4 is 10.1 Å². The molecule has 2 fully saturated rings. The molecule has 1 aliphatic carbocycles. The largest absolute Gasteiger partial charge is 0.473 e. The minimum absolute atomic E-state index is 0.0783. The molecule has 0 amide bonds. The van der Waals surface area contributed by atoms with Gasteiger partial charge in [-0.05, 0) is 25.2 Å². The number of sulfonamides is 1. The number of ether oxygens (including phenoxy) is 1. The van der Waals surface area contributed by atoms with Crippen molar-refractivity contribution < 1.29 is 13.2 Å². The van der Waals surface area contributed by atoms with Gasteiger partial charge in [0.2, 0.25) is 21.9 Å². The van der Waals surface area contributed by atoms with Gasteiger partial charge in [-0.1, -0.05) is 6.92 Å². The Hall–Kier alpha value is -2.73. The van der Waals surface area contributed by atoms with Crippen LogP contribution in [0, 0.1) is 5.92 Å². The number of aromatic nitrogens is 6. The zero-order valence-corrected chi connectivity index (χ0v) is 17.6. The molecule has 3 aromatic heterocycles. The molecule has 11 nitrogen and oxygen atoms in total. The number of H-pyrrole nitrogens is 1. The number of aromatic amines is 1. The summed E-state index contributed by atoms with van der Waals surface area (Å²) in [4.78, 5) is 9.10. The molecule has 30 heavy (non-hydrogen) atoms. The summed E-state index contributed by atoms with van der Waals surface area (Å²) in [6.45, 7) is 2.99. The Morgan fingerprint density at radius 3 is 2.77 bits per heavy atom. The Kier molecular flexibility index (Phi) is 4.62. The fourth-order valence-corrected chi connectivity index (χ4v) is 4.66. The number of nitrogens with zero attached hydrogens (tertiary/aromatic N) is 6. The number of fused-ring (bicyclic) bond motifs is 1. The van der Waals surface area contributed by atoms with Gasteiger partial charge in [0.25, 0.3) is 0 Å². The third kappa shape index (κ3) is 3.72. The maximum absolute atomic E-state index is 11.8. The van der Waals surface area contributed by atoms with Crippen molar-refractivity contribution in [3.8, 4) is 17.1 Å². The second kappa shape index (κ2) is 7.20. The first-order valence-corrected chi connectivity index (χ1v) is 11.9. The summed E-state index contributed by atoms with van der Waals surface area (Å²) in [7, 11) is -3.18. The molecule has 0 aromatic carbocycles. The quantitative estimate of drug-likeness (QED) is 0.593. The molecule has 1 saturated heterocycles. The van der Waals surface area contributed by atoms with Crippen molar-refractivity contribution in [3.05, 3.63) is 18.6 Å². The zero-order valence-electron chi connectivity index (χ0n) is 16.8. The van der Waals surface area contributed by atoms with Crippen LogP contribution in [-0.4, -0.2) is 74.0 Å². The summed E-state index contributed by atoms with van der Waals surface area (Å²) in [6, 6.07) is 0.0783. The second-order valence-electron chi connectivity index (χ2n) is 8.06. The molecule has 2 aliphatic rings. The minimum Gasteiger partial charge on any atom is -0.473 e. The third-order valence-corrected chi connectivity index (χ3v) is 6.83. The smallest absolute Gasteiger partial charge is 0.244 e. The summed E-state index contributed by atoms with van der Waals surface area (Å²) < 4.78 is 33.0. The van der Waals surface area contributed by atoms with E-state index in [2.05, 4.69) is 30.6 Å². The average Bonchev–Trinajstić information content (AvgIpc) is 3.17. The van der Waals surface area contributed by atoms with E-state index in [4.69, 9.17) is 4.74 Å². The summed E-state index contributed by atoms with van der Waals surface area (Å²) in [5.74, 6) is 1.16. The Bertz CT molecular complexity index is 1160. The third-order valence-electron chi connectivity index (χ3n) is 5.56. The van der Waals surface area contributed by atoms with E-state index in [-0.39, 0.29) is 18.1 Å². The lowest BCUT2D eigenvalue weighted by Crippen LogP contribution is -2.47. The van der Waals surface area contributed by atoms with Gasteiger partial charge in [-0.25, -0.2) is 17.7 Å². The van der Waals surface area contributed by atoms with Crippen LogP contribution in [0.15, 0.2) is 18.6 Å². The molecule has 1 saturated carbocycles. The van der Waals surface area contributed by atoms with Crippen molar-refractivity contribution in [2.24, 2.45) is 5.92 Å². The Labute approximate surface area is 173 Å². The summed E-state index contributed by atoms with van der Waals surface area (Å²) in [5, 5.41) is 14.8. The highest BCUT2D eigenvalue weighted by molar-refractivity contribution is 7.88. The summed E-state index contributed by atoms with van der Waals surface area (Å²) in [6.07, 6.45) is 9.26. The highest BCUT2D eigenvalue weighted by atomic mass is 32.2. The predicted molar refractivity (Wildman–Crippen MR) is 110 cm³/mol. The zero-order chi connectivity index (χ0) is 20.9. The Morgan fingerprint density at radius 2 is 2.10 bits per heavy atom. The van der Waals surface area contributed by atoms with E-state index >= 15 is 0 Å². The molecule has 1 aliphatic heterocycles. The first kappa shape index (κ1) is 19.2. The summed E-state index contributed by atoms with van der Waals surface area (Å²) in [5.41, 5.74) is 2.07. The molecule has 0 bridgehead atoms. The van der Waals surface area contributed by atoms with Crippen LogP contribution in [0.4, 0.5) is 5.95 Å². The molecule has 12 heteroatoms. The van der Waals surface area contributed by atoms with Gasteiger partial charge in [0.05, 0.1) is 18.6 Å². The number of rotatable bonds is 6. The van der Waals surface area contributed by atoms with E-state index < -0.39 is 10.0 Å². The molecule has 0 spiro atoms. The first-order valence-electron chi connectivity index (χ1n) is 10.0. The molecule has 2 N–H and O–H groups in total. The number of hydrogen-bond acceptors (Lipinski definition) is 8. The maximum Gasteiger partial charge on any atom is 0.244 e. The SMILES string of the molecule is C[C@@H]1CN(S(C)(=O)=O)CC[C@@H]1Nc1nc2cnc(-c3cn[nH]c3)c(OC3CC3)n2n1. The number of nitrogens with one attached hydrogen (secondary N) is 2. The van der Waals surface area contributed by atoms with E-state index in [0.717, 1.165) is 18.4 Å². The van der Waals surface area contributed by atoms with E-state index in [1.807, 2.05) is 6.92 Å². The molecule has 0 unspecified atom stereocenters. The van der Waals surface area contributed by atoms with Crippen LogP contribution in [0.25, 0.3) is 16.9 Å². The molecular formula is C18H24N8O3S. The van der Waals surface area contributed by atoms with Gasteiger partial charge in [0, 0.05) is 30.9 Å². The molecular weight excluding hydrogens is 408 g/mol. The van der Waals surface area contributed by atoms with Crippen molar-refractivity contribution >= 4 is 21.6 Å². The average molecular weight is 433 g/mol. The van der Waals surface area contributed by atoms with E-state index in [1.165, 1.54) is 10.6 Å². The standard InChI is InChI=1S/C18H24N8O3S/c1-11-10-25(30(2,27)28)6-5-14(11)22-18-23-15-9-19-16(12-7-20-21-8-12)17(26(15)24-18)29-13-3-4-13/h7-9,11,13-14H,3-6,10H2,1-2H3,(H,20,21)(H,22,24)/t11-,14+/m1/s1. The van der Waals surface area contributed by atoms with E-state index in [1.54, 1.807) is 23.1 Å². The minimum atomic E-state index is -3.18. The number of anilines is 1. The second-order valence-corrected chi connectivity index (χ2v) is 10.0. The predicted octanol–water partition coefficient (Wildman–Crippen LogP) is 1.14. The van der Waals surface area contributed by atoms with E-state index in [0.29, 0.717) is 42.7 Å². The van der Waals surface area contributed by atoms with Gasteiger partial charge in [0.15, 0.2) is 5.65 Å². The van der Waals surface area contributed by atoms with Crippen molar-refractivity contribution in [3.63, 3.8) is 0 Å². The van der Waals surface area contributed by atoms with Gasteiger partial charge < -0.3 is 10.1 Å². The van der Waals surface area contributed by atoms with Crippen LogP contribution in [0.5, 0.6) is 5.88 Å². The number of piperidine rings is 1. The lowest BCUT2D eigenvalue weighted by atomic mass is 9.95. The van der Waals surface area contributed by atoms with Crippen molar-refractivity contribution in [1.82, 2.24) is 34.1 Å². The van der Waals surface area contributed by atoms with Crippen molar-refractivity contribution in [2.45, 2.75) is 38.3 Å². The molecule has 4 heterocycles. The van der Waals surface area contributed by atoms with Gasteiger partial charge in [0.1, 0.15) is 11.8 Å². The Balaban J connectivity index is 1.42. The van der Waals surface area contributed by atoms with Crippen LogP contribution in [0.3, 0.4) is 0 Å². The molecule has 160 valence electrons. The fourth-order valence-electron chi connectivity index (χ4n) is 3.71.